The van der Waals surface area contributed by atoms with Gasteiger partial charge in [0.1, 0.15) is 0 Å². The highest BCUT2D eigenvalue weighted by Gasteiger charge is 2.29. The monoisotopic (exact) mass is 628 g/mol. The van der Waals surface area contributed by atoms with Crippen molar-refractivity contribution in [2.45, 2.75) is 126 Å². The molecule has 1 aromatic carbocycles. The number of nitrogens with two attached hydrogens (primary N) is 2. The van der Waals surface area contributed by atoms with Crippen LogP contribution < -0.4 is 11.5 Å². The first-order valence-corrected chi connectivity index (χ1v) is 20.0. The average molecular weight is 629 g/mol. The van der Waals surface area contributed by atoms with Crippen LogP contribution >= 0.6 is 70.6 Å². The average Bonchev–Trinajstić information content (AvgIpc) is 3.50. The van der Waals surface area contributed by atoms with Crippen molar-refractivity contribution in [1.29, 1.82) is 0 Å². The van der Waals surface area contributed by atoms with Crippen molar-refractivity contribution >= 4 is 81.9 Å². The number of unbranched alkanes of at least 4 members (excludes halogenated alkanes) is 14. The van der Waals surface area contributed by atoms with Gasteiger partial charge in [0.25, 0.3) is 0 Å². The van der Waals surface area contributed by atoms with Crippen LogP contribution in [0.15, 0.2) is 38.9 Å². The maximum atomic E-state index is 6.09. The quantitative estimate of drug-likeness (QED) is 0.109. The van der Waals surface area contributed by atoms with Crippen LogP contribution in [0.3, 0.4) is 0 Å². The Morgan fingerprint density at radius 3 is 1.24 bits per heavy atom. The molecule has 0 amide bonds. The fourth-order valence-electron chi connectivity index (χ4n) is 4.39. The van der Waals surface area contributed by atoms with Crippen molar-refractivity contribution in [2.75, 3.05) is 23.0 Å². The van der Waals surface area contributed by atoms with Crippen molar-refractivity contribution in [3.8, 4) is 0 Å². The summed E-state index contributed by atoms with van der Waals surface area (Å²) in [6.45, 7) is 4.59. The summed E-state index contributed by atoms with van der Waals surface area (Å²) in [4.78, 5) is 2.50. The van der Waals surface area contributed by atoms with E-state index in [-0.39, 0.29) is 0 Å². The van der Waals surface area contributed by atoms with E-state index >= 15 is 0 Å². The van der Waals surface area contributed by atoms with Crippen molar-refractivity contribution in [1.82, 2.24) is 0 Å². The Morgan fingerprint density at radius 2 is 0.842 bits per heavy atom. The zero-order valence-electron chi connectivity index (χ0n) is 23.5. The minimum absolute atomic E-state index is 0.691. The Kier molecular flexibility index (Phi) is 16.9. The molecule has 2 heterocycles. The van der Waals surface area contributed by atoms with Crippen molar-refractivity contribution in [3.05, 3.63) is 29.1 Å². The van der Waals surface area contributed by atoms with Crippen LogP contribution in [-0.2, 0) is 0 Å². The normalized spacial score (nSPS) is 15.2. The maximum Gasteiger partial charge on any atom is 0.0717 e. The largest absolute Gasteiger partial charge is 0.397 e. The number of thioether (sulfide) groups is 6. The highest BCUT2D eigenvalue weighted by molar-refractivity contribution is 8.42. The molecule has 3 rings (SSSR count). The second-order valence-electron chi connectivity index (χ2n) is 10.1. The molecule has 0 radical (unpaired) electrons. The molecule has 0 aliphatic carbocycles. The van der Waals surface area contributed by atoms with Gasteiger partial charge in [-0.1, -0.05) is 151 Å². The van der Waals surface area contributed by atoms with Crippen LogP contribution in [-0.4, -0.2) is 11.5 Å². The molecule has 0 saturated heterocycles. The number of rotatable bonds is 20. The second kappa shape index (κ2) is 19.5. The molecule has 0 atom stereocenters. The Hall–Kier alpha value is 0.400. The number of benzene rings is 1. The summed E-state index contributed by atoms with van der Waals surface area (Å²) in [5, 5.41) is 0. The zero-order valence-corrected chi connectivity index (χ0v) is 28.4. The molecule has 8 heteroatoms. The lowest BCUT2D eigenvalue weighted by Gasteiger charge is -2.06. The van der Waals surface area contributed by atoms with Crippen LogP contribution in [0.5, 0.6) is 0 Å². The summed E-state index contributed by atoms with van der Waals surface area (Å²) in [5.74, 6) is 2.49. The predicted octanol–water partition coefficient (Wildman–Crippen LogP) is 12.5. The minimum Gasteiger partial charge on any atom is -0.397 e. The Balaban J connectivity index is 1.47. The van der Waals surface area contributed by atoms with Crippen LogP contribution in [0, 0.1) is 0 Å². The van der Waals surface area contributed by atoms with E-state index in [0.717, 1.165) is 0 Å². The smallest absolute Gasteiger partial charge is 0.0717 e. The van der Waals surface area contributed by atoms with E-state index in [0.29, 0.717) is 11.4 Å². The van der Waals surface area contributed by atoms with Gasteiger partial charge in [0.2, 0.25) is 0 Å². The first-order chi connectivity index (χ1) is 18.6. The van der Waals surface area contributed by atoms with Crippen molar-refractivity contribution < 1.29 is 0 Å². The Bertz CT molecular complexity index is 845. The van der Waals surface area contributed by atoms with Gasteiger partial charge in [-0.2, -0.15) is 0 Å². The number of fused-ring (bicyclic) bond motifs is 1. The van der Waals surface area contributed by atoms with Gasteiger partial charge in [0.15, 0.2) is 0 Å². The van der Waals surface area contributed by atoms with Gasteiger partial charge >= 0.3 is 0 Å². The van der Waals surface area contributed by atoms with Crippen molar-refractivity contribution in [2.24, 2.45) is 0 Å². The molecule has 2 aliphatic rings. The zero-order chi connectivity index (χ0) is 27.0. The summed E-state index contributed by atoms with van der Waals surface area (Å²) < 4.78 is 5.93. The van der Waals surface area contributed by atoms with E-state index in [2.05, 4.69) is 37.4 Å². The van der Waals surface area contributed by atoms with Crippen LogP contribution in [0.2, 0.25) is 0 Å². The van der Waals surface area contributed by atoms with E-state index in [1.807, 2.05) is 59.2 Å². The van der Waals surface area contributed by atoms with Gasteiger partial charge in [-0.3, -0.25) is 0 Å². The minimum atomic E-state index is 0.691. The molecule has 38 heavy (non-hydrogen) atoms. The maximum absolute atomic E-state index is 6.09. The van der Waals surface area contributed by atoms with Gasteiger partial charge < -0.3 is 11.5 Å². The van der Waals surface area contributed by atoms with E-state index < -0.39 is 0 Å². The molecule has 0 unspecified atom stereocenters. The summed E-state index contributed by atoms with van der Waals surface area (Å²) in [7, 11) is 0. The Morgan fingerprint density at radius 1 is 0.500 bits per heavy atom. The SMILES string of the molecule is CCCCCCCCCCSC1=C(SCCCCCCCCCC)SC(=C2Sc3cc(N)c(N)cc3S2)S1. The third-order valence-electron chi connectivity index (χ3n) is 6.72. The number of hydrogen-bond donors (Lipinski definition) is 2. The number of nitrogen functional groups attached to an aromatic ring is 2. The molecular formula is C30H48N2S6. The summed E-state index contributed by atoms with van der Waals surface area (Å²) in [5.41, 5.74) is 13.6. The second-order valence-corrected chi connectivity index (χ2v) is 17.5. The lowest BCUT2D eigenvalue weighted by atomic mass is 10.1. The lowest BCUT2D eigenvalue weighted by molar-refractivity contribution is 0.586. The number of anilines is 2. The van der Waals surface area contributed by atoms with Gasteiger partial charge in [0, 0.05) is 9.79 Å². The predicted molar refractivity (Wildman–Crippen MR) is 186 cm³/mol. The molecule has 0 spiro atoms. The third-order valence-corrected chi connectivity index (χ3v) is 15.5. The van der Waals surface area contributed by atoms with Gasteiger partial charge in [-0.25, -0.2) is 0 Å². The van der Waals surface area contributed by atoms with E-state index in [4.69, 9.17) is 11.5 Å². The highest BCUT2D eigenvalue weighted by atomic mass is 32.3. The molecule has 0 bridgehead atoms. The van der Waals surface area contributed by atoms with Crippen LogP contribution in [0.1, 0.15) is 117 Å². The molecule has 1 aromatic rings. The van der Waals surface area contributed by atoms with Crippen LogP contribution in [0.4, 0.5) is 11.4 Å². The first kappa shape index (κ1) is 32.9. The Labute approximate surface area is 258 Å². The van der Waals surface area contributed by atoms with E-state index in [9.17, 15) is 0 Å². The van der Waals surface area contributed by atoms with Crippen LogP contribution in [0.25, 0.3) is 0 Å². The van der Waals surface area contributed by atoms with E-state index in [1.165, 1.54) is 133 Å². The van der Waals surface area contributed by atoms with Crippen molar-refractivity contribution in [3.63, 3.8) is 0 Å². The number of hydrogen-bond acceptors (Lipinski definition) is 8. The summed E-state index contributed by atoms with van der Waals surface area (Å²) >= 11 is 12.0. The fourth-order valence-corrected chi connectivity index (χ4v) is 13.2. The lowest BCUT2D eigenvalue weighted by Crippen LogP contribution is -1.94. The molecular weight excluding hydrogens is 581 g/mol. The van der Waals surface area contributed by atoms with Gasteiger partial charge in [0.05, 0.1) is 28.3 Å². The third kappa shape index (κ3) is 11.7. The molecule has 0 fully saturated rings. The molecule has 4 N–H and O–H groups in total. The summed E-state index contributed by atoms with van der Waals surface area (Å²) in [6, 6.07) is 4.09. The molecule has 2 nitrogen and oxygen atoms in total. The van der Waals surface area contributed by atoms with Gasteiger partial charge in [-0.05, 0) is 36.5 Å². The molecule has 0 saturated carbocycles. The van der Waals surface area contributed by atoms with E-state index in [1.54, 1.807) is 8.47 Å². The molecule has 0 aromatic heterocycles. The first-order valence-electron chi connectivity index (χ1n) is 14.8. The fraction of sp³-hybridized carbons (Fsp3) is 0.667. The van der Waals surface area contributed by atoms with Gasteiger partial charge in [-0.15, -0.1) is 23.5 Å². The molecule has 214 valence electrons. The standard InChI is InChI=1S/C30H48N2S6/c1-3-5-7-9-11-13-15-17-19-33-27-28(34-20-18-16-14-12-10-8-6-4-2)38-30(37-27)29-35-25-21-23(31)24(32)22-26(25)36-29/h21-22H,3-20,31-32H2,1-2H3. The summed E-state index contributed by atoms with van der Waals surface area (Å²) in [6.07, 6.45) is 22.2. The highest BCUT2D eigenvalue weighted by Crippen LogP contribution is 2.64. The molecule has 2 aliphatic heterocycles. The topological polar surface area (TPSA) is 52.0 Å².